The van der Waals surface area contributed by atoms with Crippen LogP contribution in [0.25, 0.3) is 0 Å². The summed E-state index contributed by atoms with van der Waals surface area (Å²) in [6.45, 7) is 3.16. The van der Waals surface area contributed by atoms with E-state index in [1.54, 1.807) is 0 Å². The number of carbonyl (C=O) groups is 1. The summed E-state index contributed by atoms with van der Waals surface area (Å²) in [6.07, 6.45) is 0.685. The lowest BCUT2D eigenvalue weighted by atomic mass is 10.1. The molecule has 0 bridgehead atoms. The topological polar surface area (TPSA) is 118 Å². The predicted octanol–water partition coefficient (Wildman–Crippen LogP) is 1.45. The number of aliphatic carboxylic acids is 1. The summed E-state index contributed by atoms with van der Waals surface area (Å²) in [7, 11) is -4.09. The number of rotatable bonds is 4. The quantitative estimate of drug-likeness (QED) is 0.660. The van der Waals surface area contributed by atoms with E-state index < -0.39 is 27.0 Å². The lowest BCUT2D eigenvalue weighted by Crippen LogP contribution is -2.40. The Kier molecular flexibility index (Phi) is 4.21. The summed E-state index contributed by atoms with van der Waals surface area (Å²) in [5.41, 5.74) is 0.423. The van der Waals surface area contributed by atoms with E-state index in [1.165, 1.54) is 19.9 Å². The van der Waals surface area contributed by atoms with Gasteiger partial charge in [-0.1, -0.05) is 0 Å². The Labute approximate surface area is 127 Å². The van der Waals surface area contributed by atoms with Crippen molar-refractivity contribution < 1.29 is 23.2 Å². The van der Waals surface area contributed by atoms with Crippen molar-refractivity contribution in [2.75, 3.05) is 6.54 Å². The Morgan fingerprint density at radius 3 is 2.55 bits per heavy atom. The molecule has 1 atom stereocenters. The third-order valence-electron chi connectivity index (χ3n) is 3.77. The van der Waals surface area contributed by atoms with Crippen molar-refractivity contribution in [3.05, 3.63) is 33.4 Å². The fourth-order valence-corrected chi connectivity index (χ4v) is 4.58. The number of benzene rings is 1. The molecule has 1 aliphatic rings. The molecule has 1 unspecified atom stereocenters. The number of hydrogen-bond acceptors (Lipinski definition) is 5. The van der Waals surface area contributed by atoms with Crippen molar-refractivity contribution in [2.45, 2.75) is 37.6 Å². The van der Waals surface area contributed by atoms with Gasteiger partial charge in [-0.3, -0.25) is 14.9 Å². The zero-order valence-corrected chi connectivity index (χ0v) is 13.0. The van der Waals surface area contributed by atoms with Crippen molar-refractivity contribution >= 4 is 21.7 Å². The molecule has 1 aromatic rings. The van der Waals surface area contributed by atoms with Gasteiger partial charge in [0.2, 0.25) is 10.0 Å². The van der Waals surface area contributed by atoms with Crippen molar-refractivity contribution in [3.63, 3.8) is 0 Å². The van der Waals surface area contributed by atoms with Crippen LogP contribution in [-0.4, -0.2) is 41.3 Å². The molecule has 0 aliphatic carbocycles. The highest BCUT2D eigenvalue weighted by atomic mass is 32.2. The average molecular weight is 328 g/mol. The molecule has 1 fully saturated rings. The Bertz CT molecular complexity index is 743. The molecule has 120 valence electrons. The highest BCUT2D eigenvalue weighted by Crippen LogP contribution is 2.31. The van der Waals surface area contributed by atoms with E-state index in [0.717, 1.165) is 10.4 Å². The van der Waals surface area contributed by atoms with Crippen LogP contribution >= 0.6 is 0 Å². The number of nitro groups is 1. The second-order valence-electron chi connectivity index (χ2n) is 5.27. The second kappa shape index (κ2) is 5.65. The van der Waals surface area contributed by atoms with Gasteiger partial charge in [-0.25, -0.2) is 8.42 Å². The average Bonchev–Trinajstić information content (AvgIpc) is 2.87. The van der Waals surface area contributed by atoms with E-state index in [9.17, 15) is 23.3 Å². The molecule has 0 radical (unpaired) electrons. The molecule has 1 aromatic carbocycles. The number of hydrogen-bond donors (Lipinski definition) is 1. The zero-order chi connectivity index (χ0) is 16.7. The highest BCUT2D eigenvalue weighted by Gasteiger charge is 2.40. The summed E-state index contributed by atoms with van der Waals surface area (Å²) in [4.78, 5) is 21.3. The maximum Gasteiger partial charge on any atom is 0.322 e. The number of nitrogens with zero attached hydrogens (tertiary/aromatic N) is 2. The molecule has 0 amide bonds. The first-order valence-electron chi connectivity index (χ1n) is 6.66. The molecule has 1 saturated heterocycles. The maximum atomic E-state index is 12.7. The molecular formula is C13H16N2O6S. The van der Waals surface area contributed by atoms with Crippen molar-refractivity contribution in [3.8, 4) is 0 Å². The third kappa shape index (κ3) is 2.69. The monoisotopic (exact) mass is 328 g/mol. The summed E-state index contributed by atoms with van der Waals surface area (Å²) >= 11 is 0. The van der Waals surface area contributed by atoms with E-state index >= 15 is 0 Å². The standard InChI is InChI=1S/C13H16N2O6S/c1-8-6-9(2)12(7-11(8)15(18)19)22(20,21)14-5-3-4-10(14)13(16)17/h6-7,10H,3-5H2,1-2H3,(H,16,17). The van der Waals surface area contributed by atoms with Gasteiger partial charge in [-0.15, -0.1) is 0 Å². The summed E-state index contributed by atoms with van der Waals surface area (Å²) in [6, 6.07) is 1.32. The minimum absolute atomic E-state index is 0.0976. The van der Waals surface area contributed by atoms with Crippen LogP contribution in [0.2, 0.25) is 0 Å². The fraction of sp³-hybridized carbons (Fsp3) is 0.462. The SMILES string of the molecule is Cc1cc(C)c(S(=O)(=O)N2CCCC2C(=O)O)cc1[N+](=O)[O-]. The molecule has 9 heteroatoms. The first-order chi connectivity index (χ1) is 10.2. The van der Waals surface area contributed by atoms with Gasteiger partial charge in [0.05, 0.1) is 9.82 Å². The molecule has 1 heterocycles. The minimum Gasteiger partial charge on any atom is -0.480 e. The molecule has 8 nitrogen and oxygen atoms in total. The van der Waals surface area contributed by atoms with Gasteiger partial charge in [0.15, 0.2) is 0 Å². The van der Waals surface area contributed by atoms with E-state index in [0.29, 0.717) is 17.5 Å². The van der Waals surface area contributed by atoms with Gasteiger partial charge in [0.25, 0.3) is 5.69 Å². The molecule has 0 spiro atoms. The summed E-state index contributed by atoms with van der Waals surface area (Å²) < 4.78 is 26.3. The molecule has 0 aromatic heterocycles. The first kappa shape index (κ1) is 16.4. The van der Waals surface area contributed by atoms with Crippen molar-refractivity contribution in [2.24, 2.45) is 0 Å². The van der Waals surface area contributed by atoms with Crippen LogP contribution in [0.1, 0.15) is 24.0 Å². The normalized spacial score (nSPS) is 19.3. The third-order valence-corrected chi connectivity index (χ3v) is 5.82. The molecule has 0 saturated carbocycles. The number of aryl methyl sites for hydroxylation is 2. The number of carboxylic acids is 1. The smallest absolute Gasteiger partial charge is 0.322 e. The highest BCUT2D eigenvalue weighted by molar-refractivity contribution is 7.89. The maximum absolute atomic E-state index is 12.7. The minimum atomic E-state index is -4.09. The van der Waals surface area contributed by atoms with Gasteiger partial charge in [-0.05, 0) is 38.3 Å². The van der Waals surface area contributed by atoms with Crippen LogP contribution in [-0.2, 0) is 14.8 Å². The van der Waals surface area contributed by atoms with Gasteiger partial charge in [-0.2, -0.15) is 4.31 Å². The van der Waals surface area contributed by atoms with Crippen LogP contribution in [0.15, 0.2) is 17.0 Å². The Morgan fingerprint density at radius 1 is 1.36 bits per heavy atom. The molecule has 1 aliphatic heterocycles. The van der Waals surface area contributed by atoms with E-state index in [2.05, 4.69) is 0 Å². The van der Waals surface area contributed by atoms with Crippen LogP contribution in [0.5, 0.6) is 0 Å². The number of sulfonamides is 1. The molecular weight excluding hydrogens is 312 g/mol. The van der Waals surface area contributed by atoms with Crippen molar-refractivity contribution in [1.82, 2.24) is 4.31 Å². The second-order valence-corrected chi connectivity index (χ2v) is 7.13. The summed E-state index contributed by atoms with van der Waals surface area (Å²) in [5.74, 6) is -1.21. The Hall–Kier alpha value is -2.00. The lowest BCUT2D eigenvalue weighted by molar-refractivity contribution is -0.385. The van der Waals surface area contributed by atoms with Gasteiger partial charge in [0.1, 0.15) is 6.04 Å². The first-order valence-corrected chi connectivity index (χ1v) is 8.10. The van der Waals surface area contributed by atoms with Crippen molar-refractivity contribution in [1.29, 1.82) is 0 Å². The van der Waals surface area contributed by atoms with E-state index in [4.69, 9.17) is 5.11 Å². The van der Waals surface area contributed by atoms with Gasteiger partial charge < -0.3 is 5.11 Å². The molecule has 1 N–H and O–H groups in total. The lowest BCUT2D eigenvalue weighted by Gasteiger charge is -2.22. The Balaban J connectivity index is 2.57. The van der Waals surface area contributed by atoms with E-state index in [1.807, 2.05) is 0 Å². The number of nitro benzene ring substituents is 1. The zero-order valence-electron chi connectivity index (χ0n) is 12.1. The fourth-order valence-electron chi connectivity index (χ4n) is 2.70. The van der Waals surface area contributed by atoms with Crippen LogP contribution in [0, 0.1) is 24.0 Å². The van der Waals surface area contributed by atoms with Gasteiger partial charge >= 0.3 is 5.97 Å². The largest absolute Gasteiger partial charge is 0.480 e. The number of carboxylic acid groups (broad SMARTS) is 1. The summed E-state index contributed by atoms with van der Waals surface area (Å²) in [5, 5.41) is 20.1. The predicted molar refractivity (Wildman–Crippen MR) is 77.1 cm³/mol. The van der Waals surface area contributed by atoms with Crippen LogP contribution < -0.4 is 0 Å². The Morgan fingerprint density at radius 2 is 2.00 bits per heavy atom. The molecule has 2 rings (SSSR count). The van der Waals surface area contributed by atoms with Crippen LogP contribution in [0.4, 0.5) is 5.69 Å². The van der Waals surface area contributed by atoms with Crippen LogP contribution in [0.3, 0.4) is 0 Å². The van der Waals surface area contributed by atoms with Gasteiger partial charge in [0, 0.05) is 18.2 Å². The van der Waals surface area contributed by atoms with E-state index in [-0.39, 0.29) is 23.5 Å². The molecule has 22 heavy (non-hydrogen) atoms.